The van der Waals surface area contributed by atoms with Gasteiger partial charge in [-0.15, -0.1) is 0 Å². The van der Waals surface area contributed by atoms with E-state index in [1.165, 1.54) is 0 Å². The number of furan rings is 1. The standard InChI is InChI=1S/C42H42O6/c1-4-30-27-35(32-17-10-7-11-18-32)40(47-29(3)31-15-8-6-9-16-31)28-39(30)46-26-14-25-45-36-22-23-38-42(33-19-12-13-20-37(33)48-38)34(36)21-24-41(43)44-5-2/h6-13,15-20,22-23,27-29H,4-5,14,21,24-26H2,1-3H3. The first-order valence-corrected chi connectivity index (χ1v) is 16.8. The summed E-state index contributed by atoms with van der Waals surface area (Å²) in [7, 11) is 0. The first-order valence-electron chi connectivity index (χ1n) is 16.8. The van der Waals surface area contributed by atoms with E-state index >= 15 is 0 Å². The van der Waals surface area contributed by atoms with Gasteiger partial charge in [-0.25, -0.2) is 0 Å². The van der Waals surface area contributed by atoms with Gasteiger partial charge in [-0.3, -0.25) is 4.79 Å². The van der Waals surface area contributed by atoms with Gasteiger partial charge in [0.15, 0.2) is 0 Å². The van der Waals surface area contributed by atoms with Crippen molar-refractivity contribution in [3.63, 3.8) is 0 Å². The first kappa shape index (κ1) is 32.7. The molecule has 1 atom stereocenters. The maximum absolute atomic E-state index is 12.3. The molecular formula is C42H42O6. The molecule has 1 aromatic heterocycles. The van der Waals surface area contributed by atoms with Crippen molar-refractivity contribution >= 4 is 27.9 Å². The summed E-state index contributed by atoms with van der Waals surface area (Å²) in [6.07, 6.45) is 2.11. The molecule has 0 aliphatic rings. The molecule has 0 saturated carbocycles. The molecule has 1 heterocycles. The van der Waals surface area contributed by atoms with E-state index in [9.17, 15) is 4.79 Å². The Morgan fingerprint density at radius 1 is 0.750 bits per heavy atom. The summed E-state index contributed by atoms with van der Waals surface area (Å²) < 4.78 is 30.7. The van der Waals surface area contributed by atoms with Gasteiger partial charge in [0, 0.05) is 40.8 Å². The van der Waals surface area contributed by atoms with Crippen LogP contribution in [-0.2, 0) is 22.4 Å². The molecule has 0 fully saturated rings. The Hall–Kier alpha value is -5.23. The van der Waals surface area contributed by atoms with Crippen LogP contribution >= 0.6 is 0 Å². The number of fused-ring (bicyclic) bond motifs is 3. The van der Waals surface area contributed by atoms with Crippen molar-refractivity contribution in [3.05, 3.63) is 126 Å². The predicted octanol–water partition coefficient (Wildman–Crippen LogP) is 10.3. The summed E-state index contributed by atoms with van der Waals surface area (Å²) in [6.45, 7) is 7.31. The third-order valence-corrected chi connectivity index (χ3v) is 8.50. The molecule has 0 spiro atoms. The molecule has 6 aromatic rings. The number of para-hydroxylation sites is 1. The second-order valence-corrected chi connectivity index (χ2v) is 11.7. The fourth-order valence-corrected chi connectivity index (χ4v) is 6.08. The Morgan fingerprint density at radius 3 is 2.21 bits per heavy atom. The van der Waals surface area contributed by atoms with Crippen LogP contribution in [0.15, 0.2) is 114 Å². The monoisotopic (exact) mass is 642 g/mol. The maximum atomic E-state index is 12.3. The quantitative estimate of drug-likeness (QED) is 0.0820. The van der Waals surface area contributed by atoms with E-state index < -0.39 is 0 Å². The Kier molecular flexibility index (Phi) is 10.6. The fraction of sp³-hybridized carbons (Fsp3) is 0.262. The van der Waals surface area contributed by atoms with E-state index in [-0.39, 0.29) is 18.5 Å². The van der Waals surface area contributed by atoms with Gasteiger partial charge in [0.1, 0.15) is 34.5 Å². The van der Waals surface area contributed by atoms with E-state index in [1.54, 1.807) is 0 Å². The molecule has 246 valence electrons. The highest BCUT2D eigenvalue weighted by Gasteiger charge is 2.19. The lowest BCUT2D eigenvalue weighted by atomic mass is 9.99. The van der Waals surface area contributed by atoms with Gasteiger partial charge in [0.2, 0.25) is 0 Å². The van der Waals surface area contributed by atoms with E-state index in [2.05, 4.69) is 44.2 Å². The van der Waals surface area contributed by atoms with Crippen molar-refractivity contribution in [2.45, 2.75) is 52.6 Å². The summed E-state index contributed by atoms with van der Waals surface area (Å²) in [4.78, 5) is 12.3. The first-order chi connectivity index (χ1) is 23.6. The Labute approximate surface area is 282 Å². The number of benzene rings is 5. The van der Waals surface area contributed by atoms with Crippen LogP contribution in [0.2, 0.25) is 0 Å². The molecule has 0 aliphatic heterocycles. The minimum atomic E-state index is -0.229. The van der Waals surface area contributed by atoms with Crippen molar-refractivity contribution < 1.29 is 28.2 Å². The molecule has 1 unspecified atom stereocenters. The van der Waals surface area contributed by atoms with E-state index in [4.69, 9.17) is 23.4 Å². The van der Waals surface area contributed by atoms with Crippen molar-refractivity contribution in [2.75, 3.05) is 19.8 Å². The zero-order chi connectivity index (χ0) is 33.3. The Balaban J connectivity index is 1.18. The van der Waals surface area contributed by atoms with E-state index in [0.29, 0.717) is 32.7 Å². The van der Waals surface area contributed by atoms with E-state index in [0.717, 1.165) is 73.4 Å². The lowest BCUT2D eigenvalue weighted by Crippen LogP contribution is -2.09. The zero-order valence-electron chi connectivity index (χ0n) is 27.9. The zero-order valence-corrected chi connectivity index (χ0v) is 27.9. The van der Waals surface area contributed by atoms with Gasteiger partial charge in [-0.2, -0.15) is 0 Å². The minimum Gasteiger partial charge on any atom is -0.493 e. The number of carbonyl (C=O) groups excluding carboxylic acids is 1. The summed E-state index contributed by atoms with van der Waals surface area (Å²) >= 11 is 0. The van der Waals surface area contributed by atoms with Crippen LogP contribution in [0.4, 0.5) is 0 Å². The smallest absolute Gasteiger partial charge is 0.306 e. The number of ether oxygens (including phenoxy) is 4. The number of aryl methyl sites for hydroxylation is 2. The molecule has 48 heavy (non-hydrogen) atoms. The van der Waals surface area contributed by atoms with Crippen molar-refractivity contribution in [1.82, 2.24) is 0 Å². The van der Waals surface area contributed by atoms with Gasteiger partial charge >= 0.3 is 5.97 Å². The van der Waals surface area contributed by atoms with Crippen molar-refractivity contribution in [1.29, 1.82) is 0 Å². The maximum Gasteiger partial charge on any atom is 0.306 e. The number of carbonyl (C=O) groups is 1. The summed E-state index contributed by atoms with van der Waals surface area (Å²) in [6, 6.07) is 36.6. The molecule has 6 nitrogen and oxygen atoms in total. The normalized spacial score (nSPS) is 11.8. The molecule has 6 rings (SSSR count). The largest absolute Gasteiger partial charge is 0.493 e. The molecule has 0 N–H and O–H groups in total. The average Bonchev–Trinajstić information content (AvgIpc) is 3.50. The number of rotatable bonds is 15. The van der Waals surface area contributed by atoms with Gasteiger partial charge in [0.05, 0.1) is 19.8 Å². The summed E-state index contributed by atoms with van der Waals surface area (Å²) in [5, 5.41) is 1.98. The van der Waals surface area contributed by atoms with Crippen LogP contribution in [-0.4, -0.2) is 25.8 Å². The second kappa shape index (κ2) is 15.6. The van der Waals surface area contributed by atoms with Gasteiger partial charge in [-0.05, 0) is 67.6 Å². The highest BCUT2D eigenvalue weighted by molar-refractivity contribution is 6.07. The highest BCUT2D eigenvalue weighted by Crippen LogP contribution is 2.39. The van der Waals surface area contributed by atoms with Gasteiger partial charge in [0.25, 0.3) is 0 Å². The topological polar surface area (TPSA) is 67.1 Å². The molecule has 0 radical (unpaired) electrons. The summed E-state index contributed by atoms with van der Waals surface area (Å²) in [5.41, 5.74) is 6.91. The van der Waals surface area contributed by atoms with Crippen molar-refractivity contribution in [2.24, 2.45) is 0 Å². The van der Waals surface area contributed by atoms with Crippen LogP contribution in [0, 0.1) is 0 Å². The van der Waals surface area contributed by atoms with Crippen LogP contribution in [0.3, 0.4) is 0 Å². The lowest BCUT2D eigenvalue weighted by Gasteiger charge is -2.21. The number of hydrogen-bond donors (Lipinski definition) is 0. The predicted molar refractivity (Wildman–Crippen MR) is 191 cm³/mol. The van der Waals surface area contributed by atoms with Crippen LogP contribution in [0.25, 0.3) is 33.1 Å². The SMILES string of the molecule is CCOC(=O)CCc1c(OCCCOc2cc(OC(C)c3ccccc3)c(-c3ccccc3)cc2CC)ccc2oc3ccccc3c12. The molecule has 0 saturated heterocycles. The van der Waals surface area contributed by atoms with Gasteiger partial charge < -0.3 is 23.4 Å². The van der Waals surface area contributed by atoms with Crippen LogP contribution in [0.1, 0.15) is 56.4 Å². The molecule has 6 heteroatoms. The van der Waals surface area contributed by atoms with Crippen LogP contribution in [0.5, 0.6) is 17.2 Å². The fourth-order valence-electron chi connectivity index (χ4n) is 6.08. The molecule has 5 aromatic carbocycles. The molecular weight excluding hydrogens is 600 g/mol. The van der Waals surface area contributed by atoms with Gasteiger partial charge in [-0.1, -0.05) is 85.8 Å². The Morgan fingerprint density at radius 2 is 1.46 bits per heavy atom. The molecule has 0 aliphatic carbocycles. The third kappa shape index (κ3) is 7.49. The van der Waals surface area contributed by atoms with Crippen molar-refractivity contribution in [3.8, 4) is 28.4 Å². The highest BCUT2D eigenvalue weighted by atomic mass is 16.5. The lowest BCUT2D eigenvalue weighted by molar-refractivity contribution is -0.143. The Bertz CT molecular complexity index is 1960. The van der Waals surface area contributed by atoms with Crippen LogP contribution < -0.4 is 14.2 Å². The van der Waals surface area contributed by atoms with E-state index in [1.807, 2.05) is 85.8 Å². The molecule has 0 bridgehead atoms. The summed E-state index contributed by atoms with van der Waals surface area (Å²) in [5.74, 6) is 2.11. The molecule has 0 amide bonds. The average molecular weight is 643 g/mol. The number of esters is 1. The number of hydrogen-bond acceptors (Lipinski definition) is 6. The third-order valence-electron chi connectivity index (χ3n) is 8.50. The minimum absolute atomic E-state index is 0.134. The second-order valence-electron chi connectivity index (χ2n) is 11.7.